The van der Waals surface area contributed by atoms with Crippen LogP contribution in [0.5, 0.6) is 0 Å². The molecule has 0 radical (unpaired) electrons. The number of fused-ring (bicyclic) bond motifs is 1. The molecule has 3 heteroatoms. The Labute approximate surface area is 141 Å². The first-order valence-electron chi connectivity index (χ1n) is 8.00. The van der Waals surface area contributed by atoms with E-state index in [0.29, 0.717) is 0 Å². The highest BCUT2D eigenvalue weighted by Gasteiger charge is 2.16. The summed E-state index contributed by atoms with van der Waals surface area (Å²) in [6, 6.07) is 18.8. The van der Waals surface area contributed by atoms with Gasteiger partial charge in [0.05, 0.1) is 5.39 Å². The minimum Gasteiger partial charge on any atom is -0.237 e. The lowest BCUT2D eigenvalue weighted by atomic mass is 10.0. The van der Waals surface area contributed by atoms with Crippen molar-refractivity contribution < 1.29 is 4.57 Å². The second kappa shape index (κ2) is 5.85. The van der Waals surface area contributed by atoms with Crippen LogP contribution in [-0.4, -0.2) is 9.97 Å². The average molecular weight is 312 g/mol. The first-order valence-corrected chi connectivity index (χ1v) is 8.00. The van der Waals surface area contributed by atoms with E-state index >= 15 is 0 Å². The molecule has 0 saturated carbocycles. The van der Waals surface area contributed by atoms with Crippen LogP contribution in [0.1, 0.15) is 5.56 Å². The van der Waals surface area contributed by atoms with Gasteiger partial charge < -0.3 is 0 Å². The quantitative estimate of drug-likeness (QED) is 0.522. The summed E-state index contributed by atoms with van der Waals surface area (Å²) >= 11 is 0. The number of pyridine rings is 1. The van der Waals surface area contributed by atoms with Crippen LogP contribution >= 0.6 is 0 Å². The highest BCUT2D eigenvalue weighted by molar-refractivity contribution is 5.95. The standard InChI is InChI=1S/C21H18N3/c1-15-7-3-4-9-17(15)20-13-16-8-5-10-18(19(16)14-24(20)2)21-22-11-6-12-23-21/h3-14H,1-2H3/q+1. The maximum Gasteiger partial charge on any atom is 0.213 e. The first-order chi connectivity index (χ1) is 11.7. The molecule has 0 unspecified atom stereocenters. The molecular formula is C21H18N3+. The molecule has 0 fully saturated rings. The van der Waals surface area contributed by atoms with E-state index in [4.69, 9.17) is 0 Å². The van der Waals surface area contributed by atoms with Crippen LogP contribution in [0, 0.1) is 6.92 Å². The van der Waals surface area contributed by atoms with Gasteiger partial charge in [0, 0.05) is 29.6 Å². The highest BCUT2D eigenvalue weighted by Crippen LogP contribution is 2.28. The Hall–Kier alpha value is -3.07. The van der Waals surface area contributed by atoms with E-state index in [0.717, 1.165) is 16.8 Å². The van der Waals surface area contributed by atoms with Gasteiger partial charge in [-0.2, -0.15) is 0 Å². The van der Waals surface area contributed by atoms with Gasteiger partial charge in [-0.25, -0.2) is 14.5 Å². The van der Waals surface area contributed by atoms with Crippen LogP contribution in [0.3, 0.4) is 0 Å². The van der Waals surface area contributed by atoms with E-state index in [2.05, 4.69) is 83.2 Å². The Bertz CT molecular complexity index is 1020. The Morgan fingerprint density at radius 2 is 1.58 bits per heavy atom. The fourth-order valence-corrected chi connectivity index (χ4v) is 3.13. The minimum absolute atomic E-state index is 0.756. The van der Waals surface area contributed by atoms with Gasteiger partial charge >= 0.3 is 0 Å². The molecule has 4 rings (SSSR count). The Morgan fingerprint density at radius 3 is 2.38 bits per heavy atom. The largest absolute Gasteiger partial charge is 0.237 e. The molecule has 0 bridgehead atoms. The molecule has 116 valence electrons. The number of aryl methyl sites for hydroxylation is 2. The third-order valence-electron chi connectivity index (χ3n) is 4.36. The van der Waals surface area contributed by atoms with Crippen molar-refractivity contribution in [1.82, 2.24) is 9.97 Å². The van der Waals surface area contributed by atoms with Crippen LogP contribution < -0.4 is 4.57 Å². The summed E-state index contributed by atoms with van der Waals surface area (Å²) in [5, 5.41) is 2.35. The van der Waals surface area contributed by atoms with Gasteiger partial charge in [-0.1, -0.05) is 36.4 Å². The van der Waals surface area contributed by atoms with Crippen molar-refractivity contribution in [3.63, 3.8) is 0 Å². The zero-order valence-corrected chi connectivity index (χ0v) is 13.8. The van der Waals surface area contributed by atoms with Gasteiger partial charge in [0.2, 0.25) is 5.69 Å². The van der Waals surface area contributed by atoms with E-state index in [9.17, 15) is 0 Å². The molecule has 0 aliphatic heterocycles. The second-order valence-corrected chi connectivity index (χ2v) is 5.97. The van der Waals surface area contributed by atoms with Crippen LogP contribution in [-0.2, 0) is 7.05 Å². The zero-order chi connectivity index (χ0) is 16.5. The van der Waals surface area contributed by atoms with Gasteiger partial charge in [0.25, 0.3) is 0 Å². The molecule has 0 spiro atoms. The average Bonchev–Trinajstić information content (AvgIpc) is 2.62. The van der Waals surface area contributed by atoms with Crippen molar-refractivity contribution in [3.8, 4) is 22.6 Å². The van der Waals surface area contributed by atoms with Crippen molar-refractivity contribution in [3.05, 3.63) is 78.8 Å². The monoisotopic (exact) mass is 312 g/mol. The van der Waals surface area contributed by atoms with Crippen LogP contribution in [0.4, 0.5) is 0 Å². The molecule has 2 heterocycles. The second-order valence-electron chi connectivity index (χ2n) is 5.97. The van der Waals surface area contributed by atoms with Crippen molar-refractivity contribution in [1.29, 1.82) is 0 Å². The molecular weight excluding hydrogens is 294 g/mol. The molecule has 4 aromatic rings. The SMILES string of the molecule is Cc1ccccc1-c1cc2cccc(-c3ncccn3)c2c[n+]1C. The van der Waals surface area contributed by atoms with Crippen molar-refractivity contribution >= 4 is 10.8 Å². The van der Waals surface area contributed by atoms with E-state index in [-0.39, 0.29) is 0 Å². The first kappa shape index (κ1) is 14.5. The minimum atomic E-state index is 0.756. The zero-order valence-electron chi connectivity index (χ0n) is 13.8. The summed E-state index contributed by atoms with van der Waals surface area (Å²) in [6.45, 7) is 2.15. The molecule has 2 aromatic carbocycles. The van der Waals surface area contributed by atoms with E-state index < -0.39 is 0 Å². The molecule has 0 aliphatic rings. The van der Waals surface area contributed by atoms with Crippen LogP contribution in [0.2, 0.25) is 0 Å². The molecule has 0 saturated heterocycles. The van der Waals surface area contributed by atoms with Crippen LogP contribution in [0.25, 0.3) is 33.4 Å². The number of rotatable bonds is 2. The Kier molecular flexibility index (Phi) is 3.54. The van der Waals surface area contributed by atoms with Gasteiger partial charge in [-0.05, 0) is 30.0 Å². The fourth-order valence-electron chi connectivity index (χ4n) is 3.13. The molecule has 24 heavy (non-hydrogen) atoms. The molecule has 0 amide bonds. The number of nitrogens with zero attached hydrogens (tertiary/aromatic N) is 3. The molecule has 0 aliphatic carbocycles. The van der Waals surface area contributed by atoms with E-state index in [1.165, 1.54) is 22.2 Å². The van der Waals surface area contributed by atoms with Crippen molar-refractivity contribution in [2.75, 3.05) is 0 Å². The van der Waals surface area contributed by atoms with Crippen molar-refractivity contribution in [2.24, 2.45) is 7.05 Å². The lowest BCUT2D eigenvalue weighted by molar-refractivity contribution is -0.659. The molecule has 2 aromatic heterocycles. The van der Waals surface area contributed by atoms with Gasteiger partial charge in [0.15, 0.2) is 12.0 Å². The summed E-state index contributed by atoms with van der Waals surface area (Å²) in [5.41, 5.74) is 4.78. The lowest BCUT2D eigenvalue weighted by Gasteiger charge is -2.08. The van der Waals surface area contributed by atoms with Crippen molar-refractivity contribution in [2.45, 2.75) is 6.92 Å². The summed E-state index contributed by atoms with van der Waals surface area (Å²) in [7, 11) is 2.09. The summed E-state index contributed by atoms with van der Waals surface area (Å²) < 4.78 is 2.18. The lowest BCUT2D eigenvalue weighted by Crippen LogP contribution is -2.30. The Morgan fingerprint density at radius 1 is 0.833 bits per heavy atom. The number of hydrogen-bond acceptors (Lipinski definition) is 2. The summed E-state index contributed by atoms with van der Waals surface area (Å²) in [6.07, 6.45) is 5.73. The van der Waals surface area contributed by atoms with Gasteiger partial charge in [-0.3, -0.25) is 0 Å². The predicted octanol–water partition coefficient (Wildman–Crippen LogP) is 4.10. The van der Waals surface area contributed by atoms with Gasteiger partial charge in [0.1, 0.15) is 7.05 Å². The number of benzene rings is 2. The Balaban J connectivity index is 1.97. The molecule has 0 N–H and O–H groups in total. The number of hydrogen-bond donors (Lipinski definition) is 0. The number of aromatic nitrogens is 3. The highest BCUT2D eigenvalue weighted by atomic mass is 14.9. The van der Waals surface area contributed by atoms with E-state index in [1.807, 2.05) is 6.07 Å². The maximum absolute atomic E-state index is 4.40. The maximum atomic E-state index is 4.40. The normalized spacial score (nSPS) is 10.9. The third kappa shape index (κ3) is 2.44. The summed E-state index contributed by atoms with van der Waals surface area (Å²) in [5.74, 6) is 0.756. The summed E-state index contributed by atoms with van der Waals surface area (Å²) in [4.78, 5) is 8.81. The van der Waals surface area contributed by atoms with Crippen LogP contribution in [0.15, 0.2) is 73.2 Å². The van der Waals surface area contributed by atoms with E-state index in [1.54, 1.807) is 12.4 Å². The predicted molar refractivity (Wildman–Crippen MR) is 96.3 cm³/mol. The third-order valence-corrected chi connectivity index (χ3v) is 4.36. The fraction of sp³-hybridized carbons (Fsp3) is 0.0952. The molecule has 0 atom stereocenters. The smallest absolute Gasteiger partial charge is 0.213 e. The molecule has 3 nitrogen and oxygen atoms in total. The van der Waals surface area contributed by atoms with Gasteiger partial charge in [-0.15, -0.1) is 0 Å². The topological polar surface area (TPSA) is 29.7 Å².